The van der Waals surface area contributed by atoms with Gasteiger partial charge in [0.25, 0.3) is 0 Å². The van der Waals surface area contributed by atoms with Crippen LogP contribution in [0.2, 0.25) is 0 Å². The Morgan fingerprint density at radius 2 is 2.06 bits per heavy atom. The lowest BCUT2D eigenvalue weighted by Crippen LogP contribution is -1.93. The highest BCUT2D eigenvalue weighted by Gasteiger charge is 2.10. The minimum Gasteiger partial charge on any atom is -0.241 e. The van der Waals surface area contributed by atoms with Gasteiger partial charge in [-0.25, -0.2) is 4.98 Å². The lowest BCUT2D eigenvalue weighted by atomic mass is 10.0. The Balaban J connectivity index is 2.11. The van der Waals surface area contributed by atoms with Gasteiger partial charge in [-0.15, -0.1) is 11.3 Å². The molecule has 1 aromatic heterocycles. The third-order valence-corrected chi connectivity index (χ3v) is 3.84. The molecule has 1 aromatic carbocycles. The Hall–Kier alpha value is -1.15. The van der Waals surface area contributed by atoms with Crippen LogP contribution < -0.4 is 0 Å². The van der Waals surface area contributed by atoms with E-state index in [0.29, 0.717) is 5.92 Å². The van der Waals surface area contributed by atoms with E-state index >= 15 is 0 Å². The number of hydrogen-bond donors (Lipinski definition) is 0. The number of benzene rings is 1. The van der Waals surface area contributed by atoms with Crippen molar-refractivity contribution < 1.29 is 0 Å². The second-order valence-electron chi connectivity index (χ2n) is 4.34. The first kappa shape index (κ1) is 12.3. The van der Waals surface area contributed by atoms with E-state index in [4.69, 9.17) is 4.98 Å². The second-order valence-corrected chi connectivity index (χ2v) is 5.20. The van der Waals surface area contributed by atoms with Crippen LogP contribution in [-0.4, -0.2) is 4.98 Å². The molecule has 0 saturated carbocycles. The maximum absolute atomic E-state index is 4.73. The molecule has 0 spiro atoms. The lowest BCUT2D eigenvalue weighted by molar-refractivity contribution is 0.628. The molecule has 0 saturated heterocycles. The molecule has 2 rings (SSSR count). The molecule has 0 amide bonds. The summed E-state index contributed by atoms with van der Waals surface area (Å²) in [7, 11) is 0. The molecule has 17 heavy (non-hydrogen) atoms. The Labute approximate surface area is 108 Å². The summed E-state index contributed by atoms with van der Waals surface area (Å²) in [6, 6.07) is 10.4. The van der Waals surface area contributed by atoms with E-state index in [9.17, 15) is 0 Å². The van der Waals surface area contributed by atoms with Gasteiger partial charge >= 0.3 is 0 Å². The van der Waals surface area contributed by atoms with Crippen molar-refractivity contribution in [3.05, 3.63) is 48.3 Å². The molecular weight excluding hydrogens is 226 g/mol. The zero-order valence-electron chi connectivity index (χ0n) is 10.2. The SMILES string of the molecule is [CH2]CCCC(C)c1csc(-c2ccccc2)n1. The number of rotatable bonds is 5. The lowest BCUT2D eigenvalue weighted by Gasteiger charge is -2.06. The summed E-state index contributed by atoms with van der Waals surface area (Å²) in [6.45, 7) is 6.14. The van der Waals surface area contributed by atoms with Gasteiger partial charge in [0.15, 0.2) is 0 Å². The maximum atomic E-state index is 4.73. The Bertz CT molecular complexity index is 447. The molecule has 0 aliphatic rings. The molecule has 0 aliphatic heterocycles. The molecule has 0 fully saturated rings. The smallest absolute Gasteiger partial charge is 0.123 e. The summed E-state index contributed by atoms with van der Waals surface area (Å²) in [5.41, 5.74) is 2.44. The summed E-state index contributed by atoms with van der Waals surface area (Å²) in [5, 5.41) is 3.32. The molecule has 2 heteroatoms. The van der Waals surface area contributed by atoms with Gasteiger partial charge in [0.05, 0.1) is 5.69 Å². The van der Waals surface area contributed by atoms with E-state index < -0.39 is 0 Å². The predicted molar refractivity (Wildman–Crippen MR) is 75.2 cm³/mol. The maximum Gasteiger partial charge on any atom is 0.123 e. The Morgan fingerprint density at radius 3 is 2.76 bits per heavy atom. The van der Waals surface area contributed by atoms with Crippen LogP contribution in [0.1, 0.15) is 37.8 Å². The quantitative estimate of drug-likeness (QED) is 0.727. The van der Waals surface area contributed by atoms with Crippen LogP contribution in [0.3, 0.4) is 0 Å². The number of aromatic nitrogens is 1. The molecule has 89 valence electrons. The summed E-state index contributed by atoms with van der Waals surface area (Å²) < 4.78 is 0. The van der Waals surface area contributed by atoms with E-state index in [-0.39, 0.29) is 0 Å². The molecule has 1 atom stereocenters. The third kappa shape index (κ3) is 3.16. The van der Waals surface area contributed by atoms with Crippen LogP contribution in [0.4, 0.5) is 0 Å². The molecule has 1 nitrogen and oxygen atoms in total. The van der Waals surface area contributed by atoms with Crippen molar-refractivity contribution in [3.63, 3.8) is 0 Å². The third-order valence-electron chi connectivity index (χ3n) is 2.93. The zero-order chi connectivity index (χ0) is 12.1. The van der Waals surface area contributed by atoms with Gasteiger partial charge in [-0.2, -0.15) is 0 Å². The number of nitrogens with zero attached hydrogens (tertiary/aromatic N) is 1. The summed E-state index contributed by atoms with van der Waals surface area (Å²) in [5.74, 6) is 0.547. The molecule has 0 bridgehead atoms. The van der Waals surface area contributed by atoms with Crippen molar-refractivity contribution in [2.45, 2.75) is 32.1 Å². The molecular formula is C15H18NS. The van der Waals surface area contributed by atoms with Crippen LogP contribution in [0.25, 0.3) is 10.6 Å². The zero-order valence-corrected chi connectivity index (χ0v) is 11.0. The van der Waals surface area contributed by atoms with Crippen LogP contribution in [0, 0.1) is 6.92 Å². The first-order chi connectivity index (χ1) is 8.31. The highest BCUT2D eigenvalue weighted by atomic mass is 32.1. The molecule has 2 aromatic rings. The summed E-state index contributed by atoms with van der Waals surface area (Å²) >= 11 is 1.74. The Morgan fingerprint density at radius 1 is 1.29 bits per heavy atom. The van der Waals surface area contributed by atoms with Crippen molar-refractivity contribution in [1.29, 1.82) is 0 Å². The van der Waals surface area contributed by atoms with Crippen LogP contribution in [0.5, 0.6) is 0 Å². The van der Waals surface area contributed by atoms with Crippen molar-refractivity contribution in [1.82, 2.24) is 4.98 Å². The molecule has 1 unspecified atom stereocenters. The fourth-order valence-electron chi connectivity index (χ4n) is 1.82. The molecule has 1 radical (unpaired) electrons. The average molecular weight is 244 g/mol. The first-order valence-electron chi connectivity index (χ1n) is 6.11. The van der Waals surface area contributed by atoms with Crippen molar-refractivity contribution in [2.24, 2.45) is 0 Å². The van der Waals surface area contributed by atoms with Gasteiger partial charge in [-0.1, -0.05) is 57.0 Å². The van der Waals surface area contributed by atoms with E-state index in [1.54, 1.807) is 11.3 Å². The van der Waals surface area contributed by atoms with Crippen molar-refractivity contribution in [3.8, 4) is 10.6 Å². The summed E-state index contributed by atoms with van der Waals surface area (Å²) in [6.07, 6.45) is 3.38. The highest BCUT2D eigenvalue weighted by molar-refractivity contribution is 7.13. The fourth-order valence-corrected chi connectivity index (χ4v) is 2.77. The van der Waals surface area contributed by atoms with Crippen LogP contribution in [-0.2, 0) is 0 Å². The highest BCUT2D eigenvalue weighted by Crippen LogP contribution is 2.28. The van der Waals surface area contributed by atoms with Gasteiger partial charge in [0.1, 0.15) is 5.01 Å². The average Bonchev–Trinajstić information content (AvgIpc) is 2.86. The minimum atomic E-state index is 0.547. The van der Waals surface area contributed by atoms with E-state index in [2.05, 4.69) is 43.5 Å². The topological polar surface area (TPSA) is 12.9 Å². The fraction of sp³-hybridized carbons (Fsp3) is 0.333. The van der Waals surface area contributed by atoms with Crippen LogP contribution >= 0.6 is 11.3 Å². The summed E-state index contributed by atoms with van der Waals surface area (Å²) in [4.78, 5) is 4.73. The Kier molecular flexibility index (Phi) is 4.32. The van der Waals surface area contributed by atoms with E-state index in [0.717, 1.165) is 11.4 Å². The van der Waals surface area contributed by atoms with Gasteiger partial charge < -0.3 is 0 Å². The van der Waals surface area contributed by atoms with Gasteiger partial charge in [0, 0.05) is 10.9 Å². The van der Waals surface area contributed by atoms with Crippen LogP contribution in [0.15, 0.2) is 35.7 Å². The van der Waals surface area contributed by atoms with E-state index in [1.807, 2.05) is 6.07 Å². The number of unbranched alkanes of at least 4 members (excludes halogenated alkanes) is 1. The van der Waals surface area contributed by atoms with E-state index in [1.165, 1.54) is 24.1 Å². The molecule has 0 aliphatic carbocycles. The monoisotopic (exact) mass is 244 g/mol. The number of thiazole rings is 1. The van der Waals surface area contributed by atoms with Gasteiger partial charge in [-0.05, 0) is 12.3 Å². The molecule has 1 heterocycles. The van der Waals surface area contributed by atoms with Crippen molar-refractivity contribution >= 4 is 11.3 Å². The molecule has 0 N–H and O–H groups in total. The largest absolute Gasteiger partial charge is 0.241 e. The van der Waals surface area contributed by atoms with Gasteiger partial charge in [0.2, 0.25) is 0 Å². The number of hydrogen-bond acceptors (Lipinski definition) is 2. The standard InChI is InChI=1S/C15H18NS/c1-3-4-8-12(2)14-11-17-15(16-14)13-9-6-5-7-10-13/h5-7,9-12H,1,3-4,8H2,2H3. The first-order valence-corrected chi connectivity index (χ1v) is 6.99. The van der Waals surface area contributed by atoms with Crippen molar-refractivity contribution in [2.75, 3.05) is 0 Å². The second kappa shape index (κ2) is 5.97. The normalized spacial score (nSPS) is 12.6. The minimum absolute atomic E-state index is 0.547. The van der Waals surface area contributed by atoms with Gasteiger partial charge in [-0.3, -0.25) is 0 Å². The predicted octanol–water partition coefficient (Wildman–Crippen LogP) is 4.92.